The van der Waals surface area contributed by atoms with Gasteiger partial charge in [-0.1, -0.05) is 24.8 Å². The van der Waals surface area contributed by atoms with Crippen LogP contribution in [0.2, 0.25) is 0 Å². The predicted molar refractivity (Wildman–Crippen MR) is 117 cm³/mol. The Morgan fingerprint density at radius 2 is 1.80 bits per heavy atom. The lowest BCUT2D eigenvalue weighted by atomic mass is 9.93. The summed E-state index contributed by atoms with van der Waals surface area (Å²) in [6.07, 6.45) is 0.688. The first-order valence-corrected chi connectivity index (χ1v) is 11.2. The summed E-state index contributed by atoms with van der Waals surface area (Å²) in [5.41, 5.74) is 1.69. The standard InChI is InChI=1S/C22H28N2O5S/c1-6-17-20(25)24-19(14-10-11-15(27-7-2)16(12-14)28-8-3)18(21(26)29-9-4)13(5)23-22(24)30-17/h10-12,17,19H,6-9H2,1-5H3/t17-,19-/m0/s1. The lowest BCUT2D eigenvalue weighted by Crippen LogP contribution is -2.40. The lowest BCUT2D eigenvalue weighted by molar-refractivity contribution is -0.139. The monoisotopic (exact) mass is 432 g/mol. The minimum Gasteiger partial charge on any atom is -0.490 e. The molecule has 2 heterocycles. The largest absolute Gasteiger partial charge is 0.490 e. The quantitative estimate of drug-likeness (QED) is 0.576. The molecule has 0 aliphatic carbocycles. The molecule has 162 valence electrons. The number of carbonyl (C=O) groups excluding carboxylic acids is 2. The molecule has 2 atom stereocenters. The molecule has 0 saturated carbocycles. The highest BCUT2D eigenvalue weighted by Crippen LogP contribution is 2.45. The predicted octanol–water partition coefficient (Wildman–Crippen LogP) is 4.09. The zero-order valence-electron chi connectivity index (χ0n) is 18.1. The summed E-state index contributed by atoms with van der Waals surface area (Å²) in [5.74, 6) is 0.688. The number of esters is 1. The Hall–Kier alpha value is -2.48. The van der Waals surface area contributed by atoms with Crippen LogP contribution in [0, 0.1) is 0 Å². The molecule has 2 aliphatic rings. The molecule has 0 spiro atoms. The molecule has 1 aromatic carbocycles. The van der Waals surface area contributed by atoms with Gasteiger partial charge < -0.3 is 14.2 Å². The Morgan fingerprint density at radius 1 is 1.10 bits per heavy atom. The molecule has 8 heteroatoms. The van der Waals surface area contributed by atoms with Gasteiger partial charge in [-0.15, -0.1) is 0 Å². The Kier molecular flexibility index (Phi) is 7.07. The molecule has 1 saturated heterocycles. The van der Waals surface area contributed by atoms with E-state index in [1.165, 1.54) is 11.8 Å². The van der Waals surface area contributed by atoms with Crippen LogP contribution in [0.15, 0.2) is 34.5 Å². The number of thioether (sulfide) groups is 1. The maximum Gasteiger partial charge on any atom is 0.338 e. The lowest BCUT2D eigenvalue weighted by Gasteiger charge is -2.33. The zero-order chi connectivity index (χ0) is 21.8. The number of aliphatic imine (C=N–C) groups is 1. The Bertz CT molecular complexity index is 896. The summed E-state index contributed by atoms with van der Waals surface area (Å²) in [7, 11) is 0. The van der Waals surface area contributed by atoms with Gasteiger partial charge in [0, 0.05) is 0 Å². The number of amidine groups is 1. The zero-order valence-corrected chi connectivity index (χ0v) is 18.9. The van der Waals surface area contributed by atoms with Crippen LogP contribution in [0.5, 0.6) is 11.5 Å². The summed E-state index contributed by atoms with van der Waals surface area (Å²) in [6.45, 7) is 10.5. The van der Waals surface area contributed by atoms with Crippen molar-refractivity contribution in [2.75, 3.05) is 19.8 Å². The fraction of sp³-hybridized carbons (Fsp3) is 0.500. The first-order valence-electron chi connectivity index (χ1n) is 10.3. The number of allylic oxidation sites excluding steroid dienone is 1. The number of nitrogens with zero attached hydrogens (tertiary/aromatic N) is 2. The van der Waals surface area contributed by atoms with Crippen molar-refractivity contribution in [2.45, 2.75) is 52.3 Å². The molecule has 0 N–H and O–H groups in total. The van der Waals surface area contributed by atoms with Crippen molar-refractivity contribution in [2.24, 2.45) is 4.99 Å². The molecule has 0 bridgehead atoms. The SMILES string of the molecule is CCOC(=O)C1=C(C)N=C2S[C@@H](CC)C(=O)N2[C@H]1c1ccc(OCC)c(OCC)c1. The van der Waals surface area contributed by atoms with Crippen molar-refractivity contribution in [3.05, 3.63) is 35.0 Å². The number of fused-ring (bicyclic) bond motifs is 1. The van der Waals surface area contributed by atoms with Crippen molar-refractivity contribution in [3.63, 3.8) is 0 Å². The van der Waals surface area contributed by atoms with Gasteiger partial charge >= 0.3 is 5.97 Å². The smallest absolute Gasteiger partial charge is 0.338 e. The molecule has 1 aromatic rings. The molecule has 1 amide bonds. The number of carbonyl (C=O) groups is 2. The second kappa shape index (κ2) is 9.55. The fourth-order valence-corrected chi connectivity index (χ4v) is 4.75. The van der Waals surface area contributed by atoms with Crippen LogP contribution in [0.3, 0.4) is 0 Å². The van der Waals surface area contributed by atoms with Gasteiger partial charge in [0.05, 0.1) is 42.4 Å². The van der Waals surface area contributed by atoms with E-state index in [1.807, 2.05) is 39.0 Å². The van der Waals surface area contributed by atoms with Crippen LogP contribution in [0.4, 0.5) is 0 Å². The second-order valence-corrected chi connectivity index (χ2v) is 7.98. The van der Waals surface area contributed by atoms with E-state index in [-0.39, 0.29) is 17.8 Å². The summed E-state index contributed by atoms with van der Waals surface area (Å²) in [5, 5.41) is 0.406. The third kappa shape index (κ3) is 4.05. The first-order chi connectivity index (χ1) is 14.5. The van der Waals surface area contributed by atoms with Gasteiger partial charge in [0.25, 0.3) is 0 Å². The highest BCUT2D eigenvalue weighted by atomic mass is 32.2. The summed E-state index contributed by atoms with van der Waals surface area (Å²) in [4.78, 5) is 32.2. The third-order valence-electron chi connectivity index (χ3n) is 4.90. The second-order valence-electron chi connectivity index (χ2n) is 6.81. The number of rotatable bonds is 8. The van der Waals surface area contributed by atoms with Crippen molar-refractivity contribution >= 4 is 28.8 Å². The van der Waals surface area contributed by atoms with Gasteiger partial charge in [-0.05, 0) is 51.8 Å². The van der Waals surface area contributed by atoms with Crippen molar-refractivity contribution in [3.8, 4) is 11.5 Å². The molecule has 1 fully saturated rings. The highest BCUT2D eigenvalue weighted by Gasteiger charge is 2.47. The van der Waals surface area contributed by atoms with Gasteiger partial charge in [-0.2, -0.15) is 0 Å². The number of benzene rings is 1. The van der Waals surface area contributed by atoms with Crippen molar-refractivity contribution in [1.82, 2.24) is 4.90 Å². The number of amides is 1. The Balaban J connectivity index is 2.14. The average molecular weight is 433 g/mol. The molecule has 0 aromatic heterocycles. The summed E-state index contributed by atoms with van der Waals surface area (Å²) >= 11 is 1.44. The van der Waals surface area contributed by atoms with Crippen LogP contribution in [0.1, 0.15) is 52.6 Å². The number of hydrogen-bond acceptors (Lipinski definition) is 7. The van der Waals surface area contributed by atoms with Gasteiger partial charge in [0.1, 0.15) is 0 Å². The average Bonchev–Trinajstić information content (AvgIpc) is 3.04. The maximum absolute atomic E-state index is 13.2. The molecule has 0 unspecified atom stereocenters. The third-order valence-corrected chi connectivity index (χ3v) is 6.22. The van der Waals surface area contributed by atoms with Crippen LogP contribution < -0.4 is 9.47 Å². The van der Waals surface area contributed by atoms with Crippen LogP contribution >= 0.6 is 11.8 Å². The topological polar surface area (TPSA) is 77.4 Å². The van der Waals surface area contributed by atoms with Gasteiger partial charge in [-0.25, -0.2) is 9.79 Å². The van der Waals surface area contributed by atoms with Crippen LogP contribution in [0.25, 0.3) is 0 Å². The van der Waals surface area contributed by atoms with Gasteiger partial charge in [0.2, 0.25) is 5.91 Å². The fourth-order valence-electron chi connectivity index (χ4n) is 3.61. The van der Waals surface area contributed by atoms with E-state index in [1.54, 1.807) is 18.7 Å². The van der Waals surface area contributed by atoms with E-state index >= 15 is 0 Å². The van der Waals surface area contributed by atoms with Crippen molar-refractivity contribution < 1.29 is 23.8 Å². The molecular weight excluding hydrogens is 404 g/mol. The van der Waals surface area contributed by atoms with Gasteiger partial charge in [-0.3, -0.25) is 9.69 Å². The minimum absolute atomic E-state index is 0.0487. The van der Waals surface area contributed by atoms with E-state index in [0.717, 1.165) is 5.56 Å². The van der Waals surface area contributed by atoms with Crippen LogP contribution in [-0.4, -0.2) is 47.0 Å². The minimum atomic E-state index is -0.622. The molecule has 0 radical (unpaired) electrons. The normalized spacial score (nSPS) is 20.8. The molecular formula is C22H28N2O5S. The van der Waals surface area contributed by atoms with Crippen LogP contribution in [-0.2, 0) is 14.3 Å². The summed E-state index contributed by atoms with van der Waals surface area (Å²) < 4.78 is 16.8. The van der Waals surface area contributed by atoms with Gasteiger partial charge in [0.15, 0.2) is 16.7 Å². The van der Waals surface area contributed by atoms with E-state index in [4.69, 9.17) is 14.2 Å². The molecule has 7 nitrogen and oxygen atoms in total. The first kappa shape index (κ1) is 22.2. The number of ether oxygens (including phenoxy) is 3. The summed E-state index contributed by atoms with van der Waals surface area (Å²) in [6, 6.07) is 4.90. The van der Waals surface area contributed by atoms with E-state index in [0.29, 0.717) is 47.6 Å². The Labute approximate surface area is 181 Å². The molecule has 2 aliphatic heterocycles. The molecule has 3 rings (SSSR count). The molecule has 30 heavy (non-hydrogen) atoms. The van der Waals surface area contributed by atoms with E-state index < -0.39 is 12.0 Å². The van der Waals surface area contributed by atoms with E-state index in [2.05, 4.69) is 4.99 Å². The highest BCUT2D eigenvalue weighted by molar-refractivity contribution is 8.15. The Morgan fingerprint density at radius 3 is 2.43 bits per heavy atom. The maximum atomic E-state index is 13.2. The van der Waals surface area contributed by atoms with E-state index in [9.17, 15) is 9.59 Å². The number of hydrogen-bond donors (Lipinski definition) is 0. The van der Waals surface area contributed by atoms with Crippen molar-refractivity contribution in [1.29, 1.82) is 0 Å².